The lowest BCUT2D eigenvalue weighted by molar-refractivity contribution is -0.0515. The third kappa shape index (κ3) is 3.19. The van der Waals surface area contributed by atoms with Crippen LogP contribution >= 0.6 is 0 Å². The van der Waals surface area contributed by atoms with Gasteiger partial charge in [0.05, 0.1) is 12.2 Å². The summed E-state index contributed by atoms with van der Waals surface area (Å²) in [5.41, 5.74) is 0. The van der Waals surface area contributed by atoms with E-state index in [9.17, 15) is 0 Å². The van der Waals surface area contributed by atoms with Gasteiger partial charge in [0.15, 0.2) is 0 Å². The summed E-state index contributed by atoms with van der Waals surface area (Å²) in [5, 5.41) is 3.46. The lowest BCUT2D eigenvalue weighted by Crippen LogP contribution is -2.51. The molecule has 3 heteroatoms. The van der Waals surface area contributed by atoms with Crippen LogP contribution in [0.1, 0.15) is 39.5 Å². The number of hydrogen-bond donors (Lipinski definition) is 1. The van der Waals surface area contributed by atoms with Gasteiger partial charge in [-0.05, 0) is 32.7 Å². The maximum atomic E-state index is 5.98. The number of rotatable bonds is 3. The molecule has 16 heavy (non-hydrogen) atoms. The van der Waals surface area contributed by atoms with Crippen LogP contribution in [0.15, 0.2) is 0 Å². The zero-order valence-electron chi connectivity index (χ0n) is 10.7. The minimum absolute atomic E-state index is 0.378. The molecule has 3 nitrogen and oxygen atoms in total. The van der Waals surface area contributed by atoms with E-state index in [2.05, 4.69) is 24.1 Å². The number of hydrogen-bond acceptors (Lipinski definition) is 3. The second-order valence-corrected chi connectivity index (χ2v) is 5.28. The zero-order valence-corrected chi connectivity index (χ0v) is 10.7. The van der Waals surface area contributed by atoms with Crippen LogP contribution in [-0.4, -0.2) is 49.3 Å². The van der Waals surface area contributed by atoms with Gasteiger partial charge in [-0.1, -0.05) is 13.3 Å². The molecule has 0 aromatic heterocycles. The number of piperidine rings is 1. The van der Waals surface area contributed by atoms with Crippen LogP contribution in [0.25, 0.3) is 0 Å². The molecule has 0 aliphatic carbocycles. The summed E-state index contributed by atoms with van der Waals surface area (Å²) in [4.78, 5) is 2.65. The Kier molecular flexibility index (Phi) is 4.62. The molecule has 2 fully saturated rings. The molecule has 0 saturated carbocycles. The van der Waals surface area contributed by atoms with Gasteiger partial charge >= 0.3 is 0 Å². The van der Waals surface area contributed by atoms with Crippen molar-refractivity contribution in [2.45, 2.75) is 57.8 Å². The lowest BCUT2D eigenvalue weighted by atomic mass is 9.99. The highest BCUT2D eigenvalue weighted by Crippen LogP contribution is 2.20. The number of ether oxygens (including phenoxy) is 1. The van der Waals surface area contributed by atoms with E-state index >= 15 is 0 Å². The quantitative estimate of drug-likeness (QED) is 0.791. The highest BCUT2D eigenvalue weighted by atomic mass is 16.5. The van der Waals surface area contributed by atoms with Crippen molar-refractivity contribution in [3.63, 3.8) is 0 Å². The van der Waals surface area contributed by atoms with Crippen LogP contribution in [0.4, 0.5) is 0 Å². The Morgan fingerprint density at radius 1 is 1.31 bits per heavy atom. The molecule has 3 atom stereocenters. The normalized spacial score (nSPS) is 37.5. The molecule has 2 heterocycles. The van der Waals surface area contributed by atoms with Crippen LogP contribution < -0.4 is 5.32 Å². The Balaban J connectivity index is 1.82. The molecule has 0 aromatic carbocycles. The summed E-state index contributed by atoms with van der Waals surface area (Å²) in [6.07, 6.45) is 6.23. The Morgan fingerprint density at radius 2 is 2.19 bits per heavy atom. The summed E-state index contributed by atoms with van der Waals surface area (Å²) in [5.74, 6) is 0. The van der Waals surface area contributed by atoms with Crippen LogP contribution in [-0.2, 0) is 4.74 Å². The molecule has 0 aromatic rings. The van der Waals surface area contributed by atoms with E-state index in [1.165, 1.54) is 32.2 Å². The summed E-state index contributed by atoms with van der Waals surface area (Å²) >= 11 is 0. The van der Waals surface area contributed by atoms with E-state index in [0.717, 1.165) is 25.7 Å². The van der Waals surface area contributed by atoms with Crippen molar-refractivity contribution >= 4 is 0 Å². The highest BCUT2D eigenvalue weighted by Gasteiger charge is 2.26. The molecule has 2 saturated heterocycles. The van der Waals surface area contributed by atoms with Crippen LogP contribution in [0.5, 0.6) is 0 Å². The average molecular weight is 226 g/mol. The fourth-order valence-corrected chi connectivity index (χ4v) is 3.00. The Hall–Kier alpha value is -0.120. The fraction of sp³-hybridized carbons (Fsp3) is 1.00. The van der Waals surface area contributed by atoms with E-state index < -0.39 is 0 Å². The molecule has 0 bridgehead atoms. The molecular weight excluding hydrogens is 200 g/mol. The van der Waals surface area contributed by atoms with Crippen molar-refractivity contribution in [3.8, 4) is 0 Å². The zero-order chi connectivity index (χ0) is 11.4. The summed E-state index contributed by atoms with van der Waals surface area (Å²) in [7, 11) is 0. The Morgan fingerprint density at radius 3 is 2.94 bits per heavy atom. The maximum Gasteiger partial charge on any atom is 0.0830 e. The Bertz CT molecular complexity index is 210. The van der Waals surface area contributed by atoms with Gasteiger partial charge in [0.25, 0.3) is 0 Å². The van der Waals surface area contributed by atoms with Crippen molar-refractivity contribution in [1.82, 2.24) is 10.2 Å². The molecular formula is C13H26N2O. The van der Waals surface area contributed by atoms with Crippen molar-refractivity contribution in [2.24, 2.45) is 0 Å². The second-order valence-electron chi connectivity index (χ2n) is 5.28. The van der Waals surface area contributed by atoms with Crippen molar-refractivity contribution in [1.29, 1.82) is 0 Å². The largest absolute Gasteiger partial charge is 0.371 e. The summed E-state index contributed by atoms with van der Waals surface area (Å²) in [6, 6.07) is 0.801. The van der Waals surface area contributed by atoms with Gasteiger partial charge in [0.2, 0.25) is 0 Å². The van der Waals surface area contributed by atoms with Gasteiger partial charge in [-0.25, -0.2) is 0 Å². The number of nitrogens with one attached hydrogen (secondary N) is 1. The van der Waals surface area contributed by atoms with Gasteiger partial charge in [-0.2, -0.15) is 0 Å². The van der Waals surface area contributed by atoms with E-state index in [1.807, 2.05) is 0 Å². The van der Waals surface area contributed by atoms with Gasteiger partial charge < -0.3 is 10.1 Å². The van der Waals surface area contributed by atoms with Gasteiger partial charge in [0, 0.05) is 25.7 Å². The van der Waals surface area contributed by atoms with E-state index in [1.54, 1.807) is 0 Å². The minimum Gasteiger partial charge on any atom is -0.371 e. The number of likely N-dealkylation sites (tertiary alicyclic amines) is 1. The minimum atomic E-state index is 0.378. The number of nitrogens with zero attached hydrogens (tertiary/aromatic N) is 1. The first-order chi connectivity index (χ1) is 7.79. The highest BCUT2D eigenvalue weighted by molar-refractivity contribution is 4.81. The topological polar surface area (TPSA) is 24.5 Å². The third-order valence-corrected chi connectivity index (χ3v) is 3.89. The molecule has 1 N–H and O–H groups in total. The van der Waals surface area contributed by atoms with Gasteiger partial charge in [0.1, 0.15) is 0 Å². The number of morpholine rings is 1. The fourth-order valence-electron chi connectivity index (χ4n) is 3.00. The smallest absolute Gasteiger partial charge is 0.0830 e. The lowest BCUT2D eigenvalue weighted by Gasteiger charge is -2.39. The van der Waals surface area contributed by atoms with Crippen molar-refractivity contribution in [3.05, 3.63) is 0 Å². The third-order valence-electron chi connectivity index (χ3n) is 3.89. The average Bonchev–Trinajstić information content (AvgIpc) is 2.30. The second kappa shape index (κ2) is 5.99. The van der Waals surface area contributed by atoms with Crippen molar-refractivity contribution < 1.29 is 4.74 Å². The summed E-state index contributed by atoms with van der Waals surface area (Å²) in [6.45, 7) is 8.89. The van der Waals surface area contributed by atoms with E-state index in [0.29, 0.717) is 12.2 Å². The predicted molar refractivity (Wildman–Crippen MR) is 66.7 cm³/mol. The monoisotopic (exact) mass is 226 g/mol. The molecule has 1 unspecified atom stereocenters. The van der Waals surface area contributed by atoms with E-state index in [4.69, 9.17) is 4.74 Å². The van der Waals surface area contributed by atoms with Gasteiger partial charge in [-0.3, -0.25) is 4.90 Å². The van der Waals surface area contributed by atoms with Crippen molar-refractivity contribution in [2.75, 3.05) is 26.2 Å². The Labute approximate surface area is 99.5 Å². The molecule has 2 rings (SSSR count). The first-order valence-corrected chi connectivity index (χ1v) is 6.89. The molecule has 0 spiro atoms. The van der Waals surface area contributed by atoms with Gasteiger partial charge in [-0.15, -0.1) is 0 Å². The first-order valence-electron chi connectivity index (χ1n) is 6.89. The molecule has 0 amide bonds. The molecule has 0 radical (unpaired) electrons. The van der Waals surface area contributed by atoms with Crippen LogP contribution in [0.2, 0.25) is 0 Å². The molecule has 2 aliphatic rings. The summed E-state index contributed by atoms with van der Waals surface area (Å²) < 4.78 is 5.98. The SMILES string of the molecule is CCC1CCCCN1C[C@@H]1CNC[C@@H](C)O1. The standard InChI is InChI=1S/C13H26N2O/c1-3-12-6-4-5-7-15(12)10-13-9-14-8-11(2)16-13/h11-14H,3-10H2,1-2H3/t11-,12?,13+/m1/s1. The first kappa shape index (κ1) is 12.3. The molecule has 2 aliphatic heterocycles. The predicted octanol–water partition coefficient (Wildman–Crippen LogP) is 1.63. The van der Waals surface area contributed by atoms with E-state index in [-0.39, 0.29) is 0 Å². The van der Waals surface area contributed by atoms with Crippen LogP contribution in [0.3, 0.4) is 0 Å². The molecule has 94 valence electrons. The maximum absolute atomic E-state index is 5.98. The van der Waals surface area contributed by atoms with Crippen LogP contribution in [0, 0.1) is 0 Å².